The molecular weight excluding hydrogens is 942 g/mol. The molecular formula is C70H64BN3OS. The van der Waals surface area contributed by atoms with Crippen molar-refractivity contribution in [1.82, 2.24) is 9.13 Å². The van der Waals surface area contributed by atoms with Gasteiger partial charge in [0.25, 0.3) is 0 Å². The second-order valence-electron chi connectivity index (χ2n) is 24.8. The fraction of sp³-hybridized carbons (Fsp3) is 0.229. The molecule has 12 aromatic rings. The molecule has 0 unspecified atom stereocenters. The highest BCUT2D eigenvalue weighted by Gasteiger charge is 2.43. The van der Waals surface area contributed by atoms with Crippen molar-refractivity contribution in [3.05, 3.63) is 192 Å². The molecule has 0 radical (unpaired) electrons. The van der Waals surface area contributed by atoms with Gasteiger partial charge in [0.1, 0.15) is 11.2 Å². The maximum atomic E-state index is 6.81. The highest BCUT2D eigenvalue weighted by atomic mass is 32.2. The zero-order chi connectivity index (χ0) is 52.2. The van der Waals surface area contributed by atoms with Gasteiger partial charge in [0.15, 0.2) is 0 Å². The SMILES string of the molecule is CCCCc1ccc2oc3ccccc3c2c1N1c2cc(-n3c4ccccc4c4cc(C(C)(C)C)ccc43)ccc2B2c3ccc(-n4c5ccccc5c5cc(C(C)(C)C)ccc54)cc3Sc3cc(C(C)(C)C)cc1c32. The summed E-state index contributed by atoms with van der Waals surface area (Å²) in [6.45, 7) is 23.3. The number of anilines is 3. The third-order valence-electron chi connectivity index (χ3n) is 16.8. The summed E-state index contributed by atoms with van der Waals surface area (Å²) in [5, 5.41) is 7.46. The van der Waals surface area contributed by atoms with E-state index >= 15 is 0 Å². The maximum Gasteiger partial charge on any atom is 0.249 e. The van der Waals surface area contributed by atoms with Crippen LogP contribution in [0.15, 0.2) is 184 Å². The topological polar surface area (TPSA) is 26.2 Å². The van der Waals surface area contributed by atoms with Gasteiger partial charge in [0.05, 0.1) is 33.1 Å². The minimum absolute atomic E-state index is 0.0102. The Morgan fingerprint density at radius 2 is 1.03 bits per heavy atom. The van der Waals surface area contributed by atoms with Crippen LogP contribution in [0.2, 0.25) is 0 Å². The van der Waals surface area contributed by atoms with E-state index < -0.39 is 0 Å². The Balaban J connectivity index is 1.06. The monoisotopic (exact) mass is 1010 g/mol. The summed E-state index contributed by atoms with van der Waals surface area (Å²) < 4.78 is 11.8. The van der Waals surface area contributed by atoms with Gasteiger partial charge in [-0.05, 0) is 147 Å². The number of unbranched alkanes of at least 4 members (excludes halogenated alkanes) is 1. The number of nitrogens with zero attached hydrogens (tertiary/aromatic N) is 3. The van der Waals surface area contributed by atoms with Crippen molar-refractivity contribution < 1.29 is 4.42 Å². The number of hydrogen-bond donors (Lipinski definition) is 0. The zero-order valence-corrected chi connectivity index (χ0v) is 46.3. The molecule has 9 aromatic carbocycles. The second-order valence-corrected chi connectivity index (χ2v) is 25.9. The van der Waals surface area contributed by atoms with Crippen LogP contribution in [0, 0.1) is 0 Å². The van der Waals surface area contributed by atoms with Gasteiger partial charge in [0.2, 0.25) is 6.71 Å². The van der Waals surface area contributed by atoms with E-state index in [4.69, 9.17) is 4.42 Å². The van der Waals surface area contributed by atoms with Gasteiger partial charge in [-0.15, -0.1) is 0 Å². The van der Waals surface area contributed by atoms with E-state index in [1.807, 2.05) is 11.8 Å². The number of fused-ring (bicyclic) bond motifs is 13. The van der Waals surface area contributed by atoms with Crippen LogP contribution in [-0.2, 0) is 22.7 Å². The molecule has 76 heavy (non-hydrogen) atoms. The molecule has 0 aliphatic carbocycles. The molecule has 374 valence electrons. The largest absolute Gasteiger partial charge is 0.456 e. The maximum absolute atomic E-state index is 6.81. The van der Waals surface area contributed by atoms with Crippen LogP contribution in [0.25, 0.3) is 76.9 Å². The molecule has 0 saturated carbocycles. The Morgan fingerprint density at radius 3 is 1.64 bits per heavy atom. The number of rotatable bonds is 6. The fourth-order valence-corrected chi connectivity index (χ4v) is 14.0. The third kappa shape index (κ3) is 7.12. The minimum atomic E-state index is -0.124. The number of benzene rings is 9. The first-order chi connectivity index (χ1) is 36.5. The molecule has 4 nitrogen and oxygen atoms in total. The molecule has 0 atom stereocenters. The van der Waals surface area contributed by atoms with Crippen molar-refractivity contribution in [2.75, 3.05) is 4.90 Å². The summed E-state index contributed by atoms with van der Waals surface area (Å²) in [4.78, 5) is 5.32. The predicted molar refractivity (Wildman–Crippen MR) is 327 cm³/mol. The molecule has 0 saturated heterocycles. The molecule has 0 fully saturated rings. The Hall–Kier alpha value is -7.41. The van der Waals surface area contributed by atoms with E-state index in [-0.39, 0.29) is 23.0 Å². The standard InChI is InChI=1S/C70H64BN3OS/c1-11-12-19-42-26-35-62-65(50-22-15-18-25-61(50)75-62)67(42)74-59-40-46(72-55-23-16-13-20-48(55)51-36-43(68(2,3)4)27-33-57(51)72)29-31-53(59)71-54-32-30-47(41-63(54)76-64-39-45(70(8,9)10)38-60(74)66(64)71)73-56-24-17-14-21-49(56)52-37-44(69(5,6)7)28-34-58(52)73/h13-18,20-41H,11-12,19H2,1-10H3. The molecule has 0 bridgehead atoms. The van der Waals surface area contributed by atoms with Gasteiger partial charge in [0, 0.05) is 59.5 Å². The van der Waals surface area contributed by atoms with Gasteiger partial charge in [-0.3, -0.25) is 0 Å². The summed E-state index contributed by atoms with van der Waals surface area (Å²) in [5.74, 6) is 0. The summed E-state index contributed by atoms with van der Waals surface area (Å²) >= 11 is 1.95. The second kappa shape index (κ2) is 16.8. The van der Waals surface area contributed by atoms with Gasteiger partial charge in [-0.2, -0.15) is 0 Å². The lowest BCUT2D eigenvalue weighted by Crippen LogP contribution is -2.60. The number of aromatic nitrogens is 2. The predicted octanol–water partition coefficient (Wildman–Crippen LogP) is 17.8. The van der Waals surface area contributed by atoms with Gasteiger partial charge < -0.3 is 18.5 Å². The van der Waals surface area contributed by atoms with Crippen LogP contribution in [0.1, 0.15) is 104 Å². The van der Waals surface area contributed by atoms with Crippen molar-refractivity contribution in [3.8, 4) is 11.4 Å². The lowest BCUT2D eigenvalue weighted by atomic mass is 9.34. The van der Waals surface area contributed by atoms with Gasteiger partial charge >= 0.3 is 0 Å². The van der Waals surface area contributed by atoms with Crippen LogP contribution in [0.5, 0.6) is 0 Å². The first-order valence-corrected chi connectivity index (χ1v) is 28.3. The third-order valence-corrected chi connectivity index (χ3v) is 18.0. The van der Waals surface area contributed by atoms with Crippen LogP contribution in [0.4, 0.5) is 17.1 Å². The average Bonchev–Trinajstić information content (AvgIpc) is 4.08. The normalized spacial score (nSPS) is 13.7. The molecule has 6 heteroatoms. The molecule has 2 aliphatic heterocycles. The summed E-state index contributed by atoms with van der Waals surface area (Å²) in [6.07, 6.45) is 3.15. The van der Waals surface area contributed by atoms with Crippen LogP contribution >= 0.6 is 11.8 Å². The average molecular weight is 1010 g/mol. The van der Waals surface area contributed by atoms with E-state index in [2.05, 4.69) is 253 Å². The van der Waals surface area contributed by atoms with Crippen molar-refractivity contribution in [3.63, 3.8) is 0 Å². The smallest absolute Gasteiger partial charge is 0.249 e. The zero-order valence-electron chi connectivity index (χ0n) is 45.5. The Morgan fingerprint density at radius 1 is 0.461 bits per heavy atom. The van der Waals surface area contributed by atoms with Crippen molar-refractivity contribution in [2.24, 2.45) is 0 Å². The molecule has 14 rings (SSSR count). The molecule has 0 spiro atoms. The number of para-hydroxylation sites is 3. The number of hydrogen-bond acceptors (Lipinski definition) is 3. The Kier molecular flexibility index (Phi) is 10.4. The lowest BCUT2D eigenvalue weighted by molar-refractivity contribution is 0.589. The van der Waals surface area contributed by atoms with E-state index in [0.717, 1.165) is 41.5 Å². The van der Waals surface area contributed by atoms with Crippen LogP contribution < -0.4 is 21.3 Å². The summed E-state index contributed by atoms with van der Waals surface area (Å²) in [7, 11) is 0. The Bertz CT molecular complexity index is 4390. The molecule has 3 aromatic heterocycles. The quantitative estimate of drug-likeness (QED) is 0.155. The molecule has 0 N–H and O–H groups in total. The van der Waals surface area contributed by atoms with Crippen molar-refractivity contribution in [1.29, 1.82) is 0 Å². The van der Waals surface area contributed by atoms with Crippen molar-refractivity contribution in [2.45, 2.75) is 115 Å². The first-order valence-electron chi connectivity index (χ1n) is 27.5. The Labute approximate surface area is 451 Å². The molecule has 2 aliphatic rings. The fourth-order valence-electron chi connectivity index (χ4n) is 12.8. The number of furan rings is 1. The van der Waals surface area contributed by atoms with Crippen molar-refractivity contribution >= 4 is 117 Å². The van der Waals surface area contributed by atoms with E-state index in [1.54, 1.807) is 0 Å². The minimum Gasteiger partial charge on any atom is -0.456 e. The lowest BCUT2D eigenvalue weighted by Gasteiger charge is -2.42. The van der Waals surface area contributed by atoms with E-state index in [1.165, 1.54) is 120 Å². The van der Waals surface area contributed by atoms with Crippen LogP contribution in [-0.4, -0.2) is 15.8 Å². The van der Waals surface area contributed by atoms with Gasteiger partial charge in [-0.25, -0.2) is 0 Å². The van der Waals surface area contributed by atoms with E-state index in [0.29, 0.717) is 0 Å². The van der Waals surface area contributed by atoms with Crippen LogP contribution in [0.3, 0.4) is 0 Å². The van der Waals surface area contributed by atoms with Gasteiger partial charge in [-0.1, -0.05) is 178 Å². The summed E-state index contributed by atoms with van der Waals surface area (Å²) in [6, 6.07) is 65.2. The molecule has 0 amide bonds. The number of aryl methyl sites for hydroxylation is 1. The first kappa shape index (κ1) is 47.1. The van der Waals surface area contributed by atoms with E-state index in [9.17, 15) is 0 Å². The molecule has 5 heterocycles. The highest BCUT2D eigenvalue weighted by Crippen LogP contribution is 2.50. The summed E-state index contributed by atoms with van der Waals surface area (Å²) in [5.41, 5.74) is 22.1. The highest BCUT2D eigenvalue weighted by molar-refractivity contribution is 8.00.